The Balaban J connectivity index is 1.85. The fraction of sp³-hybridized carbons (Fsp3) is 0.455. The Morgan fingerprint density at radius 3 is 2.41 bits per heavy atom. The lowest BCUT2D eigenvalue weighted by Gasteiger charge is -2.43. The predicted octanol–water partition coefficient (Wildman–Crippen LogP) is 6.73. The molecule has 4 rings (SSSR count). The van der Waals surface area contributed by atoms with Gasteiger partial charge in [0.1, 0.15) is 11.6 Å². The monoisotopic (exact) mass is 691 g/mol. The molecule has 5 amide bonds. The van der Waals surface area contributed by atoms with Gasteiger partial charge in [-0.1, -0.05) is 80.7 Å². The van der Waals surface area contributed by atoms with E-state index >= 15 is 0 Å². The number of H-pyrrole nitrogens is 1. The number of halogens is 3. The van der Waals surface area contributed by atoms with Crippen LogP contribution in [0.1, 0.15) is 63.8 Å². The molecule has 1 unspecified atom stereocenters. The molecular weight excluding hydrogens is 653 g/mol. The number of aromatic amines is 1. The van der Waals surface area contributed by atoms with Gasteiger partial charge in [-0.05, 0) is 55.4 Å². The van der Waals surface area contributed by atoms with Gasteiger partial charge in [0.05, 0.1) is 15.4 Å². The number of amides is 5. The number of nitrogens with one attached hydrogen (secondary N) is 2. The first kappa shape index (κ1) is 35.4. The van der Waals surface area contributed by atoms with Crippen LogP contribution in [0.2, 0.25) is 10.0 Å². The van der Waals surface area contributed by atoms with Crippen LogP contribution in [0.3, 0.4) is 0 Å². The number of aromatic nitrogens is 1. The van der Waals surface area contributed by atoms with Gasteiger partial charge in [0.25, 0.3) is 5.91 Å². The minimum absolute atomic E-state index is 0.0303. The smallest absolute Gasteiger partial charge is 0.408 e. The number of carboxylic acid groups (broad SMARTS) is 1. The lowest BCUT2D eigenvalue weighted by molar-refractivity contribution is -0.142. The molecule has 248 valence electrons. The van der Waals surface area contributed by atoms with E-state index in [1.54, 1.807) is 56.3 Å². The van der Waals surface area contributed by atoms with Gasteiger partial charge in [0.15, 0.2) is 0 Å². The molecule has 5 N–H and O–H groups in total. The van der Waals surface area contributed by atoms with Crippen LogP contribution < -0.4 is 11.1 Å². The van der Waals surface area contributed by atoms with Crippen LogP contribution in [-0.2, 0) is 29.0 Å². The Kier molecular flexibility index (Phi) is 10.9. The van der Waals surface area contributed by atoms with Crippen LogP contribution in [0, 0.1) is 5.92 Å². The van der Waals surface area contributed by atoms with Crippen molar-refractivity contribution in [3.8, 4) is 0 Å². The molecule has 0 fully saturated rings. The number of benzene rings is 2. The zero-order valence-corrected chi connectivity index (χ0v) is 28.6. The first-order valence-electron chi connectivity index (χ1n) is 15.3. The molecule has 0 radical (unpaired) electrons. The van der Waals surface area contributed by atoms with Crippen molar-refractivity contribution >= 4 is 69.6 Å². The highest BCUT2D eigenvalue weighted by molar-refractivity contribution is 6.38. The number of aryl methyl sites for hydroxylation is 1. The summed E-state index contributed by atoms with van der Waals surface area (Å²) in [4.78, 5) is 58.5. The van der Waals surface area contributed by atoms with Crippen molar-refractivity contribution in [2.24, 2.45) is 11.7 Å². The second-order valence-corrected chi connectivity index (χ2v) is 14.0. The average Bonchev–Trinajstić information content (AvgIpc) is 3.37. The summed E-state index contributed by atoms with van der Waals surface area (Å²) in [6.45, 7) is 7.09. The van der Waals surface area contributed by atoms with E-state index in [1.807, 2.05) is 13.8 Å². The molecule has 1 aromatic heterocycles. The highest BCUT2D eigenvalue weighted by Crippen LogP contribution is 2.39. The Bertz CT molecular complexity index is 1630. The maximum absolute atomic E-state index is 14.6. The normalized spacial score (nSPS) is 18.6. The molecule has 2 aromatic carbocycles. The topological polar surface area (TPSA) is 149 Å². The number of fused-ring (bicyclic) bond motifs is 3. The highest BCUT2D eigenvalue weighted by Gasteiger charge is 2.51. The summed E-state index contributed by atoms with van der Waals surface area (Å²) in [6, 6.07) is 9.83. The third-order valence-corrected chi connectivity index (χ3v) is 10.0. The van der Waals surface area contributed by atoms with Crippen LogP contribution in [0.25, 0.3) is 10.9 Å². The number of primary amides is 1. The molecule has 1 aliphatic rings. The Morgan fingerprint density at radius 1 is 1.15 bits per heavy atom. The number of nitrogens with two attached hydrogens (primary N) is 1. The van der Waals surface area contributed by atoms with Gasteiger partial charge in [-0.15, -0.1) is 11.6 Å². The van der Waals surface area contributed by atoms with Gasteiger partial charge in [0, 0.05) is 35.6 Å². The van der Waals surface area contributed by atoms with Gasteiger partial charge >= 0.3 is 12.1 Å². The third kappa shape index (κ3) is 7.24. The lowest BCUT2D eigenvalue weighted by atomic mass is 9.77. The number of hydrogen-bond donors (Lipinski definition) is 4. The molecule has 0 saturated heterocycles. The maximum atomic E-state index is 14.6. The van der Waals surface area contributed by atoms with Crippen LogP contribution in [0.4, 0.5) is 9.59 Å². The Labute approximate surface area is 283 Å². The minimum atomic E-state index is -1.67. The largest absolute Gasteiger partial charge is 0.465 e. The highest BCUT2D eigenvalue weighted by atomic mass is 35.5. The molecule has 3 aromatic rings. The molecular formula is C33H40Cl3N5O5. The second-order valence-electron chi connectivity index (χ2n) is 12.3. The number of urea groups is 1. The fourth-order valence-electron chi connectivity index (χ4n) is 6.07. The first-order valence-corrected chi connectivity index (χ1v) is 16.4. The quantitative estimate of drug-likeness (QED) is 0.165. The van der Waals surface area contributed by atoms with E-state index in [1.165, 1.54) is 0 Å². The SMILES string of the molecule is CC[C@H](C)CN(C(N)=O)C(=O)[C@@]1(NC(=O)C(N(Cc2ccccc2)C(=O)O)[C@@](C)(Cl)CC)CCc2[nH]c3c(Cl)cc(Cl)cc3c2C1. The first-order chi connectivity index (χ1) is 21.6. The van der Waals surface area contributed by atoms with Crippen LogP contribution in [0.5, 0.6) is 0 Å². The summed E-state index contributed by atoms with van der Waals surface area (Å²) in [5, 5.41) is 14.8. The van der Waals surface area contributed by atoms with Gasteiger partial charge in [0.2, 0.25) is 5.91 Å². The van der Waals surface area contributed by atoms with Crippen molar-refractivity contribution in [1.82, 2.24) is 20.1 Å². The third-order valence-electron chi connectivity index (χ3n) is 9.04. The van der Waals surface area contributed by atoms with Crippen molar-refractivity contribution in [3.63, 3.8) is 0 Å². The number of imide groups is 1. The van der Waals surface area contributed by atoms with Crippen LogP contribution in [-0.4, -0.2) is 66.8 Å². The van der Waals surface area contributed by atoms with E-state index in [0.29, 0.717) is 44.9 Å². The van der Waals surface area contributed by atoms with Crippen molar-refractivity contribution < 1.29 is 24.3 Å². The van der Waals surface area contributed by atoms with E-state index in [2.05, 4.69) is 10.3 Å². The second kappa shape index (κ2) is 14.1. The van der Waals surface area contributed by atoms with Gasteiger partial charge < -0.3 is 21.1 Å². The van der Waals surface area contributed by atoms with Gasteiger partial charge in [-0.3, -0.25) is 19.4 Å². The van der Waals surface area contributed by atoms with E-state index < -0.39 is 40.4 Å². The van der Waals surface area contributed by atoms with Gasteiger partial charge in [-0.2, -0.15) is 0 Å². The summed E-state index contributed by atoms with van der Waals surface area (Å²) < 4.78 is 0. The predicted molar refractivity (Wildman–Crippen MR) is 180 cm³/mol. The molecule has 0 spiro atoms. The molecule has 0 saturated carbocycles. The maximum Gasteiger partial charge on any atom is 0.408 e. The molecule has 0 aliphatic heterocycles. The number of rotatable bonds is 11. The number of nitrogens with zero attached hydrogens (tertiary/aromatic N) is 2. The Hall–Kier alpha value is -3.47. The molecule has 13 heteroatoms. The van der Waals surface area contributed by atoms with E-state index in [4.69, 9.17) is 40.5 Å². The van der Waals surface area contributed by atoms with Crippen molar-refractivity contribution in [2.45, 2.75) is 82.8 Å². The number of hydrogen-bond acceptors (Lipinski definition) is 4. The van der Waals surface area contributed by atoms with E-state index in [9.17, 15) is 24.3 Å². The zero-order valence-electron chi connectivity index (χ0n) is 26.3. The van der Waals surface area contributed by atoms with E-state index in [-0.39, 0.29) is 38.3 Å². The van der Waals surface area contributed by atoms with Crippen LogP contribution >= 0.6 is 34.8 Å². The summed E-state index contributed by atoms with van der Waals surface area (Å²) in [7, 11) is 0. The molecule has 1 aliphatic carbocycles. The van der Waals surface area contributed by atoms with Crippen molar-refractivity contribution in [1.29, 1.82) is 0 Å². The summed E-state index contributed by atoms with van der Waals surface area (Å²) >= 11 is 19.8. The zero-order chi connectivity index (χ0) is 34.0. The number of carbonyl (C=O) groups excluding carboxylic acids is 3. The number of carbonyl (C=O) groups is 4. The van der Waals surface area contributed by atoms with Crippen molar-refractivity contribution in [3.05, 3.63) is 69.3 Å². The lowest BCUT2D eigenvalue weighted by Crippen LogP contribution is -2.68. The van der Waals surface area contributed by atoms with Crippen molar-refractivity contribution in [2.75, 3.05) is 6.54 Å². The molecule has 1 heterocycles. The summed E-state index contributed by atoms with van der Waals surface area (Å²) in [6.07, 6.45) is -0.0721. The molecule has 4 atom stereocenters. The minimum Gasteiger partial charge on any atom is -0.465 e. The standard InChI is InChI=1S/C33H40Cl3N5O5/c1-5-19(3)17-41(30(37)44)29(43)33(13-12-25-23(16-33)22-14-21(34)15-24(35)26(22)38-25)39-28(42)27(32(4,36)6-2)40(31(45)46)18-20-10-8-7-9-11-20/h7-11,14-15,19,27,38H,5-6,12-13,16-18H2,1-4H3,(H2,37,44)(H,39,42)(H,45,46)/t19-,27?,32-,33+/m0/s1. The summed E-state index contributed by atoms with van der Waals surface area (Å²) in [5.41, 5.74) is 6.90. The summed E-state index contributed by atoms with van der Waals surface area (Å²) in [5.74, 6) is -1.52. The number of alkyl halides is 1. The molecule has 0 bridgehead atoms. The fourth-order valence-corrected chi connectivity index (χ4v) is 6.83. The average molecular weight is 693 g/mol. The van der Waals surface area contributed by atoms with Crippen LogP contribution in [0.15, 0.2) is 42.5 Å². The molecule has 46 heavy (non-hydrogen) atoms. The molecule has 10 nitrogen and oxygen atoms in total. The Morgan fingerprint density at radius 2 is 1.83 bits per heavy atom. The van der Waals surface area contributed by atoms with Gasteiger partial charge in [-0.25, -0.2) is 9.59 Å². The van der Waals surface area contributed by atoms with E-state index in [0.717, 1.165) is 15.5 Å².